The number of ether oxygens (including phenoxy) is 1. The van der Waals surface area contributed by atoms with Gasteiger partial charge in [0.15, 0.2) is 0 Å². The highest BCUT2D eigenvalue weighted by Gasteiger charge is 2.28. The quantitative estimate of drug-likeness (QED) is 0.0452. The minimum Gasteiger partial charge on any atom is -0.466 e. The second kappa shape index (κ2) is 23.3. The zero-order chi connectivity index (χ0) is 28.7. The summed E-state index contributed by atoms with van der Waals surface area (Å²) >= 11 is 0. The number of rotatable bonds is 27. The maximum Gasteiger partial charge on any atom is 0.469 e. The number of hydrogen-bond donors (Lipinski definition) is 2. The number of esters is 1. The van der Waals surface area contributed by atoms with Gasteiger partial charge in [0.2, 0.25) is 0 Å². The predicted octanol–water partition coefficient (Wildman–Crippen LogP) is 8.17. The molecule has 0 aromatic carbocycles. The van der Waals surface area contributed by atoms with Crippen LogP contribution in [-0.2, 0) is 18.6 Å². The first-order chi connectivity index (χ1) is 18.0. The van der Waals surface area contributed by atoms with Gasteiger partial charge in [0, 0.05) is 19.8 Å². The molecule has 0 bridgehead atoms. The number of carbonyl (C=O) groups is 1. The number of quaternary nitrogens is 1. The zero-order valence-corrected chi connectivity index (χ0v) is 26.5. The summed E-state index contributed by atoms with van der Waals surface area (Å²) in [6.45, 7) is 4.23. The first-order valence-electron chi connectivity index (χ1n) is 15.6. The monoisotopic (exact) mass is 564 g/mol. The number of unbranched alkanes of at least 4 members (excludes halogenated alkanes) is 15. The van der Waals surface area contributed by atoms with E-state index in [1.54, 1.807) is 0 Å². The fraction of sp³-hybridized carbons (Fsp3) is 0.967. The highest BCUT2D eigenvalue weighted by atomic mass is 31.2. The molecule has 0 rings (SSSR count). The average molecular weight is 565 g/mol. The summed E-state index contributed by atoms with van der Waals surface area (Å²) in [6, 6.07) is 0.303. The largest absolute Gasteiger partial charge is 0.469 e. The lowest BCUT2D eigenvalue weighted by molar-refractivity contribution is -0.897. The van der Waals surface area contributed by atoms with Gasteiger partial charge in [-0.05, 0) is 18.8 Å². The Morgan fingerprint density at radius 1 is 0.737 bits per heavy atom. The van der Waals surface area contributed by atoms with Crippen LogP contribution in [0.5, 0.6) is 0 Å². The Kier molecular flexibility index (Phi) is 23.0. The Morgan fingerprint density at radius 3 is 1.58 bits per heavy atom. The Balaban J connectivity index is 4.12. The van der Waals surface area contributed by atoms with Crippen molar-refractivity contribution in [2.75, 3.05) is 34.4 Å². The second-order valence-electron chi connectivity index (χ2n) is 12.2. The van der Waals surface area contributed by atoms with Crippen LogP contribution in [0.15, 0.2) is 0 Å². The third kappa shape index (κ3) is 25.8. The number of phosphoric acid groups is 1. The van der Waals surface area contributed by atoms with E-state index in [-0.39, 0.29) is 12.6 Å². The molecule has 0 spiro atoms. The molecule has 2 N–H and O–H groups in total. The average Bonchev–Trinajstić information content (AvgIpc) is 2.82. The Hall–Kier alpha value is -0.460. The van der Waals surface area contributed by atoms with Gasteiger partial charge in [0.25, 0.3) is 0 Å². The molecule has 8 heteroatoms. The molecule has 2 unspecified atom stereocenters. The van der Waals surface area contributed by atoms with Gasteiger partial charge in [-0.3, -0.25) is 9.32 Å². The summed E-state index contributed by atoms with van der Waals surface area (Å²) in [4.78, 5) is 29.3. The van der Waals surface area contributed by atoms with Crippen molar-refractivity contribution in [1.29, 1.82) is 0 Å². The Labute approximate surface area is 235 Å². The van der Waals surface area contributed by atoms with Gasteiger partial charge in [0.05, 0.1) is 40.4 Å². The van der Waals surface area contributed by atoms with Crippen molar-refractivity contribution < 1.29 is 32.9 Å². The number of phosphoric ester groups is 1. The first kappa shape index (κ1) is 37.5. The van der Waals surface area contributed by atoms with E-state index in [2.05, 4.69) is 32.6 Å². The van der Waals surface area contributed by atoms with E-state index in [0.717, 1.165) is 30.2 Å². The van der Waals surface area contributed by atoms with Crippen LogP contribution in [0.2, 0.25) is 0 Å². The molecule has 0 amide bonds. The molecule has 38 heavy (non-hydrogen) atoms. The number of nitrogens with zero attached hydrogens (tertiary/aromatic N) is 1. The standard InChI is InChI=1S/C30H62NO6P/c1-6-7-8-9-10-11-12-13-14-15-16-17-18-19-20-21-23-29(27-36-28(2)32)26-30(31(3,4)5)24-22-25-37-38(33,34)35/h29-30H,6-27H2,1-5H3,(H-,33,34,35)/p+1. The van der Waals surface area contributed by atoms with E-state index in [1.165, 1.54) is 103 Å². The predicted molar refractivity (Wildman–Crippen MR) is 158 cm³/mol. The Bertz CT molecular complexity index is 604. The molecule has 7 nitrogen and oxygen atoms in total. The molecule has 0 fully saturated rings. The maximum absolute atomic E-state index is 11.4. The van der Waals surface area contributed by atoms with Crippen LogP contribution in [-0.4, -0.2) is 60.6 Å². The van der Waals surface area contributed by atoms with E-state index in [0.29, 0.717) is 25.0 Å². The van der Waals surface area contributed by atoms with Crippen molar-refractivity contribution in [2.45, 2.75) is 148 Å². The van der Waals surface area contributed by atoms with Crippen LogP contribution < -0.4 is 0 Å². The molecular weight excluding hydrogens is 501 g/mol. The second-order valence-corrected chi connectivity index (χ2v) is 13.5. The fourth-order valence-corrected chi connectivity index (χ4v) is 5.56. The van der Waals surface area contributed by atoms with Crippen molar-refractivity contribution in [1.82, 2.24) is 0 Å². The lowest BCUT2D eigenvalue weighted by Gasteiger charge is -2.36. The van der Waals surface area contributed by atoms with E-state index in [4.69, 9.17) is 14.5 Å². The molecule has 0 saturated heterocycles. The van der Waals surface area contributed by atoms with E-state index < -0.39 is 7.82 Å². The van der Waals surface area contributed by atoms with E-state index in [9.17, 15) is 9.36 Å². The summed E-state index contributed by atoms with van der Waals surface area (Å²) < 4.78 is 21.7. The molecule has 228 valence electrons. The van der Waals surface area contributed by atoms with Gasteiger partial charge in [-0.1, -0.05) is 110 Å². The van der Waals surface area contributed by atoms with Crippen molar-refractivity contribution in [2.24, 2.45) is 5.92 Å². The minimum atomic E-state index is -4.42. The lowest BCUT2D eigenvalue weighted by Crippen LogP contribution is -2.46. The van der Waals surface area contributed by atoms with Crippen molar-refractivity contribution in [3.63, 3.8) is 0 Å². The third-order valence-corrected chi connectivity index (χ3v) is 8.15. The summed E-state index contributed by atoms with van der Waals surface area (Å²) in [7, 11) is 2.02. The number of hydrogen-bond acceptors (Lipinski definition) is 4. The van der Waals surface area contributed by atoms with Gasteiger partial charge >= 0.3 is 13.8 Å². The topological polar surface area (TPSA) is 93.1 Å². The summed E-state index contributed by atoms with van der Waals surface area (Å²) in [6.07, 6.45) is 25.0. The first-order valence-corrected chi connectivity index (χ1v) is 17.1. The molecular formula is C30H63NO6P+. The summed E-state index contributed by atoms with van der Waals surface area (Å²) in [5.74, 6) is 0.0643. The normalized spacial score (nSPS) is 14.0. The lowest BCUT2D eigenvalue weighted by atomic mass is 9.91. The third-order valence-electron chi connectivity index (χ3n) is 7.63. The highest BCUT2D eigenvalue weighted by Crippen LogP contribution is 2.36. The molecule has 0 aliphatic rings. The van der Waals surface area contributed by atoms with Crippen LogP contribution >= 0.6 is 7.82 Å². The van der Waals surface area contributed by atoms with Gasteiger partial charge in [-0.2, -0.15) is 0 Å². The van der Waals surface area contributed by atoms with Gasteiger partial charge < -0.3 is 19.0 Å². The van der Waals surface area contributed by atoms with Crippen LogP contribution in [0.4, 0.5) is 0 Å². The molecule has 0 heterocycles. The molecule has 2 atom stereocenters. The molecule has 0 saturated carbocycles. The Morgan fingerprint density at radius 2 is 1.18 bits per heavy atom. The van der Waals surface area contributed by atoms with Crippen LogP contribution in [0.1, 0.15) is 142 Å². The molecule has 0 radical (unpaired) electrons. The van der Waals surface area contributed by atoms with Gasteiger partial charge in [-0.15, -0.1) is 0 Å². The van der Waals surface area contributed by atoms with Crippen molar-refractivity contribution in [3.8, 4) is 0 Å². The summed E-state index contributed by atoms with van der Waals surface area (Å²) in [5, 5.41) is 0. The number of carbonyl (C=O) groups excluding carboxylic acids is 1. The summed E-state index contributed by atoms with van der Waals surface area (Å²) in [5.41, 5.74) is 0. The smallest absolute Gasteiger partial charge is 0.466 e. The molecule has 0 aliphatic heterocycles. The van der Waals surface area contributed by atoms with Crippen LogP contribution in [0, 0.1) is 5.92 Å². The maximum atomic E-state index is 11.4. The van der Waals surface area contributed by atoms with E-state index >= 15 is 0 Å². The van der Waals surface area contributed by atoms with Crippen molar-refractivity contribution >= 4 is 13.8 Å². The molecule has 0 aromatic heterocycles. The zero-order valence-electron chi connectivity index (χ0n) is 25.6. The minimum absolute atomic E-state index is 0.0501. The van der Waals surface area contributed by atoms with E-state index in [1.807, 2.05) is 0 Å². The molecule has 0 aromatic rings. The molecule has 0 aliphatic carbocycles. The van der Waals surface area contributed by atoms with Gasteiger partial charge in [-0.25, -0.2) is 4.57 Å². The van der Waals surface area contributed by atoms with Crippen LogP contribution in [0.3, 0.4) is 0 Å². The highest BCUT2D eigenvalue weighted by molar-refractivity contribution is 7.46. The van der Waals surface area contributed by atoms with Crippen LogP contribution in [0.25, 0.3) is 0 Å². The van der Waals surface area contributed by atoms with Crippen molar-refractivity contribution in [3.05, 3.63) is 0 Å². The van der Waals surface area contributed by atoms with Gasteiger partial charge in [0.1, 0.15) is 0 Å². The SMILES string of the molecule is CCCCCCCCCCCCCCCCCCC(COC(C)=O)CC(CCCOP(=O)(O)O)[N+](C)(C)C. The fourth-order valence-electron chi connectivity index (χ4n) is 5.19.